The molecule has 3 N–H and O–H groups in total. The van der Waals surface area contributed by atoms with E-state index in [-0.39, 0.29) is 0 Å². The third-order valence-corrected chi connectivity index (χ3v) is 2.62. The quantitative estimate of drug-likeness (QED) is 0.404. The van der Waals surface area contributed by atoms with Crippen LogP contribution in [0.3, 0.4) is 0 Å². The molecule has 0 aliphatic heterocycles. The largest absolute Gasteiger partial charge is 0.424 e. The number of carbonyl (C=O) groups excluding carboxylic acids is 1. The Morgan fingerprint density at radius 3 is 2.92 bits per heavy atom. The number of nitrogens with one attached hydrogen (secondary N) is 1. The zero-order valence-electron chi connectivity index (χ0n) is 8.04. The molecule has 0 fully saturated rings. The third kappa shape index (κ3) is 11.4. The summed E-state index contributed by atoms with van der Waals surface area (Å²) in [6.45, 7) is 2.14. The monoisotopic (exact) mass is 206 g/mol. The minimum Gasteiger partial charge on any atom is -0.424 e. The fourth-order valence-electron chi connectivity index (χ4n) is 0.793. The van der Waals surface area contributed by atoms with E-state index >= 15 is 0 Å². The van der Waals surface area contributed by atoms with Crippen molar-refractivity contribution >= 4 is 15.8 Å². The Kier molecular flexibility index (Phi) is 9.06. The molecule has 0 bridgehead atoms. The van der Waals surface area contributed by atoms with Crippen molar-refractivity contribution in [1.82, 2.24) is 5.32 Å². The highest BCUT2D eigenvalue weighted by molar-refractivity contribution is 6.27. The van der Waals surface area contributed by atoms with Gasteiger partial charge in [0.2, 0.25) is 0 Å². The van der Waals surface area contributed by atoms with Gasteiger partial charge in [-0.15, -0.1) is 0 Å². The summed E-state index contributed by atoms with van der Waals surface area (Å²) < 4.78 is 10.2. The fraction of sp³-hybridized carbons (Fsp3) is 0.857. The first-order valence-electron chi connectivity index (χ1n) is 4.37. The van der Waals surface area contributed by atoms with Gasteiger partial charge in [-0.25, -0.2) is 4.79 Å². The molecule has 0 aromatic rings. The van der Waals surface area contributed by atoms with E-state index < -0.39 is 15.8 Å². The highest BCUT2D eigenvalue weighted by atomic mass is 28.2. The first-order chi connectivity index (χ1) is 6.27. The maximum absolute atomic E-state index is 10.2. The average Bonchev–Trinajstić information content (AvgIpc) is 2.09. The standard InChI is InChI=1S/C7H18N2O3Si/c1-11-4-2-5-12-13-6-3-9-7(8)10/h2-6,13H2,1H3,(H3,8,9,10). The van der Waals surface area contributed by atoms with Gasteiger partial charge in [-0.2, -0.15) is 0 Å². The Bertz CT molecular complexity index is 135. The van der Waals surface area contributed by atoms with Crippen LogP contribution in [0.15, 0.2) is 0 Å². The maximum atomic E-state index is 10.2. The molecular weight excluding hydrogens is 188 g/mol. The van der Waals surface area contributed by atoms with Crippen molar-refractivity contribution in [2.75, 3.05) is 26.9 Å². The summed E-state index contributed by atoms with van der Waals surface area (Å²) >= 11 is 0. The zero-order valence-corrected chi connectivity index (χ0v) is 9.46. The summed E-state index contributed by atoms with van der Waals surface area (Å²) in [5, 5.41) is 2.52. The van der Waals surface area contributed by atoms with E-state index in [0.717, 1.165) is 25.7 Å². The maximum Gasteiger partial charge on any atom is 0.312 e. The number of urea groups is 1. The first kappa shape index (κ1) is 12.4. The van der Waals surface area contributed by atoms with Crippen LogP contribution in [0.4, 0.5) is 4.79 Å². The van der Waals surface area contributed by atoms with E-state index in [1.165, 1.54) is 0 Å². The third-order valence-electron chi connectivity index (χ3n) is 1.40. The van der Waals surface area contributed by atoms with Gasteiger partial charge in [-0.05, 0) is 12.5 Å². The van der Waals surface area contributed by atoms with Crippen molar-refractivity contribution in [3.05, 3.63) is 0 Å². The molecule has 0 aromatic carbocycles. The van der Waals surface area contributed by atoms with Crippen LogP contribution in [0.5, 0.6) is 0 Å². The Labute approximate surface area is 80.9 Å². The lowest BCUT2D eigenvalue weighted by molar-refractivity contribution is 0.174. The molecule has 2 amide bonds. The lowest BCUT2D eigenvalue weighted by Gasteiger charge is -2.03. The summed E-state index contributed by atoms with van der Waals surface area (Å²) in [5.74, 6) is 0. The lowest BCUT2D eigenvalue weighted by atomic mass is 10.5. The van der Waals surface area contributed by atoms with E-state index in [1.54, 1.807) is 7.11 Å². The normalized spacial score (nSPS) is 10.8. The molecule has 0 aliphatic rings. The Morgan fingerprint density at radius 1 is 1.54 bits per heavy atom. The van der Waals surface area contributed by atoms with E-state index in [0.29, 0.717) is 6.54 Å². The molecule has 0 atom stereocenters. The van der Waals surface area contributed by atoms with Gasteiger partial charge in [0.15, 0.2) is 9.76 Å². The number of hydrogen-bond acceptors (Lipinski definition) is 3. The Hall–Kier alpha value is -0.593. The van der Waals surface area contributed by atoms with Gasteiger partial charge < -0.3 is 20.2 Å². The predicted octanol–water partition coefficient (Wildman–Crippen LogP) is -0.790. The lowest BCUT2D eigenvalue weighted by Crippen LogP contribution is -2.30. The molecule has 0 rings (SSSR count). The van der Waals surface area contributed by atoms with Crippen molar-refractivity contribution in [2.45, 2.75) is 12.5 Å². The van der Waals surface area contributed by atoms with Crippen LogP contribution >= 0.6 is 0 Å². The van der Waals surface area contributed by atoms with Crippen LogP contribution in [0.1, 0.15) is 6.42 Å². The van der Waals surface area contributed by atoms with Gasteiger partial charge in [-0.3, -0.25) is 0 Å². The molecule has 0 radical (unpaired) electrons. The number of hydrogen-bond donors (Lipinski definition) is 2. The van der Waals surface area contributed by atoms with Crippen LogP contribution in [0.25, 0.3) is 0 Å². The Morgan fingerprint density at radius 2 is 2.31 bits per heavy atom. The molecule has 0 heterocycles. The van der Waals surface area contributed by atoms with E-state index in [2.05, 4.69) is 5.32 Å². The molecule has 0 saturated heterocycles. The van der Waals surface area contributed by atoms with Crippen LogP contribution in [0, 0.1) is 0 Å². The second-order valence-corrected chi connectivity index (χ2v) is 4.13. The molecular formula is C7H18N2O3Si. The van der Waals surface area contributed by atoms with Crippen LogP contribution in [-0.4, -0.2) is 42.7 Å². The summed E-state index contributed by atoms with van der Waals surface area (Å²) in [7, 11) is 1.19. The summed E-state index contributed by atoms with van der Waals surface area (Å²) in [6.07, 6.45) is 0.937. The molecule has 78 valence electrons. The molecule has 6 heteroatoms. The van der Waals surface area contributed by atoms with Gasteiger partial charge >= 0.3 is 6.03 Å². The number of carbonyl (C=O) groups is 1. The Balaban J connectivity index is 2.87. The smallest absolute Gasteiger partial charge is 0.312 e. The molecule has 5 nitrogen and oxygen atoms in total. The highest BCUT2D eigenvalue weighted by Crippen LogP contribution is 1.84. The molecule has 0 unspecified atom stereocenters. The van der Waals surface area contributed by atoms with Crippen molar-refractivity contribution in [1.29, 1.82) is 0 Å². The van der Waals surface area contributed by atoms with Gasteiger partial charge in [0, 0.05) is 26.9 Å². The first-order valence-corrected chi connectivity index (χ1v) is 5.95. The van der Waals surface area contributed by atoms with Gasteiger partial charge in [0.25, 0.3) is 0 Å². The SMILES string of the molecule is COCCCO[SiH2]CCNC(N)=O. The number of primary amides is 1. The predicted molar refractivity (Wildman–Crippen MR) is 53.4 cm³/mol. The number of methoxy groups -OCH3 is 1. The van der Waals surface area contributed by atoms with Crippen molar-refractivity contribution < 1.29 is 14.0 Å². The van der Waals surface area contributed by atoms with Gasteiger partial charge in [-0.1, -0.05) is 0 Å². The van der Waals surface area contributed by atoms with Crippen molar-refractivity contribution in [3.63, 3.8) is 0 Å². The number of amides is 2. The zero-order chi connectivity index (χ0) is 9.94. The number of nitrogens with two attached hydrogens (primary N) is 1. The topological polar surface area (TPSA) is 73.6 Å². The van der Waals surface area contributed by atoms with Gasteiger partial charge in [0.1, 0.15) is 0 Å². The minimum absolute atomic E-state index is 0.464. The second kappa shape index (κ2) is 9.49. The van der Waals surface area contributed by atoms with Crippen LogP contribution in [-0.2, 0) is 9.16 Å². The molecule has 0 aliphatic carbocycles. The van der Waals surface area contributed by atoms with Gasteiger partial charge in [0.05, 0.1) is 0 Å². The fourth-order valence-corrected chi connectivity index (χ4v) is 1.73. The van der Waals surface area contributed by atoms with Crippen LogP contribution in [0.2, 0.25) is 6.04 Å². The van der Waals surface area contributed by atoms with Crippen molar-refractivity contribution in [2.24, 2.45) is 5.73 Å². The second-order valence-electron chi connectivity index (χ2n) is 2.60. The molecule has 0 aromatic heterocycles. The highest BCUT2D eigenvalue weighted by Gasteiger charge is 1.92. The number of ether oxygens (including phenoxy) is 1. The summed E-state index contributed by atoms with van der Waals surface area (Å²) in [5.41, 5.74) is 4.88. The molecule has 0 spiro atoms. The number of rotatable bonds is 8. The molecule has 0 saturated carbocycles. The summed E-state index contributed by atoms with van der Waals surface area (Å²) in [6, 6.07) is 0.462. The van der Waals surface area contributed by atoms with E-state index in [9.17, 15) is 4.79 Å². The van der Waals surface area contributed by atoms with E-state index in [1.807, 2.05) is 0 Å². The molecule has 13 heavy (non-hydrogen) atoms. The van der Waals surface area contributed by atoms with E-state index in [4.69, 9.17) is 14.9 Å². The minimum atomic E-state index is -0.485. The summed E-state index contributed by atoms with van der Waals surface area (Å²) in [4.78, 5) is 10.2. The average molecular weight is 206 g/mol. The van der Waals surface area contributed by atoms with Crippen molar-refractivity contribution in [3.8, 4) is 0 Å². The van der Waals surface area contributed by atoms with Crippen LogP contribution < -0.4 is 11.1 Å².